The third-order valence-electron chi connectivity index (χ3n) is 3.99. The Bertz CT molecular complexity index is 619. The highest BCUT2D eigenvalue weighted by atomic mass is 16.6. The first kappa shape index (κ1) is 16.6. The number of carboxylic acids is 1. The molecule has 0 aromatic heterocycles. The minimum atomic E-state index is -1.69. The van der Waals surface area contributed by atoms with E-state index in [-0.39, 0.29) is 5.69 Å². The number of hydrogen-bond acceptors (Lipinski definition) is 7. The van der Waals surface area contributed by atoms with Crippen LogP contribution in [-0.2, 0) is 0 Å². The summed E-state index contributed by atoms with van der Waals surface area (Å²) in [4.78, 5) is 34.8. The third kappa shape index (κ3) is 3.37. The van der Waals surface area contributed by atoms with Gasteiger partial charge in [-0.25, -0.2) is 0 Å². The smallest absolute Gasteiger partial charge is 0.300 e. The second-order valence-electron chi connectivity index (χ2n) is 5.26. The van der Waals surface area contributed by atoms with Gasteiger partial charge in [-0.05, 0) is 6.92 Å². The number of carboxylic acid groups (broad SMARTS) is 1. The number of piperazine rings is 1. The van der Waals surface area contributed by atoms with Crippen LogP contribution in [0.1, 0.15) is 17.3 Å². The van der Waals surface area contributed by atoms with Crippen molar-refractivity contribution in [3.63, 3.8) is 0 Å². The van der Waals surface area contributed by atoms with Crippen molar-refractivity contribution in [2.75, 3.05) is 37.6 Å². The van der Waals surface area contributed by atoms with Gasteiger partial charge in [0.15, 0.2) is 5.69 Å². The first-order valence-corrected chi connectivity index (χ1v) is 7.11. The second kappa shape index (κ2) is 6.57. The Morgan fingerprint density at radius 2 is 1.65 bits per heavy atom. The zero-order valence-corrected chi connectivity index (χ0v) is 12.5. The van der Waals surface area contributed by atoms with Gasteiger partial charge in [-0.15, -0.1) is 0 Å². The van der Waals surface area contributed by atoms with Gasteiger partial charge < -0.3 is 19.7 Å². The highest BCUT2D eigenvalue weighted by Crippen LogP contribution is 2.38. The molecule has 1 saturated heterocycles. The molecule has 1 aromatic carbocycles. The predicted molar refractivity (Wildman–Crippen MR) is 77.5 cm³/mol. The van der Waals surface area contributed by atoms with Gasteiger partial charge in [0.1, 0.15) is 0 Å². The number of rotatable bonds is 5. The molecular weight excluding hydrogens is 308 g/mol. The van der Waals surface area contributed by atoms with Crippen molar-refractivity contribution in [2.45, 2.75) is 6.92 Å². The number of nitro groups is 2. The summed E-state index contributed by atoms with van der Waals surface area (Å²) >= 11 is 0. The van der Waals surface area contributed by atoms with Crippen LogP contribution in [0.5, 0.6) is 0 Å². The topological polar surface area (TPSA) is 134 Å². The second-order valence-corrected chi connectivity index (χ2v) is 5.26. The van der Waals surface area contributed by atoms with E-state index in [4.69, 9.17) is 0 Å². The molecule has 1 aliphatic heterocycles. The maximum Gasteiger partial charge on any atom is 0.300 e. The average molecular weight is 324 g/mol. The molecule has 0 unspecified atom stereocenters. The maximum absolute atomic E-state index is 11.3. The molecule has 0 spiro atoms. The molecule has 0 aliphatic carbocycles. The number of aromatic carboxylic acids is 1. The minimum absolute atomic E-state index is 0.139. The number of nitrogens with zero attached hydrogens (tertiary/aromatic N) is 3. The van der Waals surface area contributed by atoms with Crippen molar-refractivity contribution < 1.29 is 24.6 Å². The number of nitro benzene ring substituents is 2. The molecule has 10 nitrogen and oxygen atoms in total. The summed E-state index contributed by atoms with van der Waals surface area (Å²) in [6, 6.07) is 1.63. The van der Waals surface area contributed by atoms with Crippen LogP contribution < -0.4 is 14.9 Å². The van der Waals surface area contributed by atoms with E-state index in [0.29, 0.717) is 26.2 Å². The zero-order valence-electron chi connectivity index (χ0n) is 12.5. The van der Waals surface area contributed by atoms with Gasteiger partial charge in [-0.3, -0.25) is 20.2 Å². The van der Waals surface area contributed by atoms with Gasteiger partial charge in [0.05, 0.1) is 48.5 Å². The number of carbonyl (C=O) groups is 1. The predicted octanol–water partition coefficient (Wildman–Crippen LogP) is -1.41. The standard InChI is InChI=1S/C13H16N4O6/c1-2-14-3-5-15(6-4-14)12-10(16(20)21)7-9(13(18)19)8-11(12)17(22)23/h7-8H,2-6H2,1H3,(H,18,19). The Morgan fingerprint density at radius 3 is 2.00 bits per heavy atom. The third-order valence-corrected chi connectivity index (χ3v) is 3.99. The van der Waals surface area contributed by atoms with E-state index in [1.54, 1.807) is 4.90 Å². The van der Waals surface area contributed by atoms with Crippen molar-refractivity contribution >= 4 is 23.0 Å². The minimum Gasteiger partial charge on any atom is -0.545 e. The molecule has 1 heterocycles. The number of carbonyl (C=O) groups excluding carboxylic acids is 1. The number of quaternary nitrogens is 1. The number of anilines is 1. The van der Waals surface area contributed by atoms with Crippen molar-refractivity contribution in [1.29, 1.82) is 0 Å². The van der Waals surface area contributed by atoms with E-state index in [1.807, 2.05) is 6.92 Å². The lowest BCUT2D eigenvalue weighted by atomic mass is 10.1. The summed E-state index contributed by atoms with van der Waals surface area (Å²) < 4.78 is 0. The van der Waals surface area contributed by atoms with Crippen LogP contribution in [0, 0.1) is 20.2 Å². The van der Waals surface area contributed by atoms with Crippen LogP contribution in [0.4, 0.5) is 17.1 Å². The lowest BCUT2D eigenvalue weighted by Gasteiger charge is -2.32. The van der Waals surface area contributed by atoms with Crippen molar-refractivity contribution in [2.24, 2.45) is 0 Å². The molecule has 10 heteroatoms. The van der Waals surface area contributed by atoms with E-state index < -0.39 is 32.8 Å². The summed E-state index contributed by atoms with van der Waals surface area (Å²) in [7, 11) is 0. The molecule has 124 valence electrons. The molecule has 23 heavy (non-hydrogen) atoms. The largest absolute Gasteiger partial charge is 0.545 e. The van der Waals surface area contributed by atoms with Crippen LogP contribution in [0.25, 0.3) is 0 Å². The van der Waals surface area contributed by atoms with Gasteiger partial charge in [-0.1, -0.05) is 0 Å². The average Bonchev–Trinajstić information content (AvgIpc) is 2.53. The summed E-state index contributed by atoms with van der Waals surface area (Å²) in [5.41, 5.74) is -1.89. The lowest BCUT2D eigenvalue weighted by molar-refractivity contribution is -0.898. The van der Waals surface area contributed by atoms with Gasteiger partial charge in [0.2, 0.25) is 0 Å². The van der Waals surface area contributed by atoms with Crippen LogP contribution >= 0.6 is 0 Å². The highest BCUT2D eigenvalue weighted by Gasteiger charge is 2.33. The Kier molecular flexibility index (Phi) is 4.74. The van der Waals surface area contributed by atoms with E-state index in [1.165, 1.54) is 4.90 Å². The van der Waals surface area contributed by atoms with Crippen LogP contribution in [0.2, 0.25) is 0 Å². The fraction of sp³-hybridized carbons (Fsp3) is 0.462. The van der Waals surface area contributed by atoms with Crippen LogP contribution in [-0.4, -0.2) is 48.5 Å². The van der Waals surface area contributed by atoms with Gasteiger partial charge in [0.25, 0.3) is 11.4 Å². The Balaban J connectivity index is 2.54. The molecule has 0 radical (unpaired) electrons. The Hall–Kier alpha value is -2.75. The number of hydrogen-bond donors (Lipinski definition) is 1. The van der Waals surface area contributed by atoms with Crippen LogP contribution in [0.3, 0.4) is 0 Å². The van der Waals surface area contributed by atoms with E-state index in [2.05, 4.69) is 0 Å². The maximum atomic E-state index is 11.3. The normalized spacial score (nSPS) is 15.4. The first-order chi connectivity index (χ1) is 10.8. The quantitative estimate of drug-likeness (QED) is 0.519. The van der Waals surface area contributed by atoms with E-state index in [0.717, 1.165) is 18.7 Å². The molecule has 1 fully saturated rings. The summed E-state index contributed by atoms with van der Waals surface area (Å²) in [5, 5.41) is 33.5. The van der Waals surface area contributed by atoms with E-state index in [9.17, 15) is 30.1 Å². The molecular formula is C13H16N4O6. The van der Waals surface area contributed by atoms with Gasteiger partial charge >= 0.3 is 0 Å². The molecule has 0 atom stereocenters. The lowest BCUT2D eigenvalue weighted by Crippen LogP contribution is -3.14. The highest BCUT2D eigenvalue weighted by molar-refractivity contribution is 5.91. The van der Waals surface area contributed by atoms with Gasteiger partial charge in [0, 0.05) is 17.7 Å². The van der Waals surface area contributed by atoms with Crippen molar-refractivity contribution in [1.82, 2.24) is 0 Å². The molecule has 0 saturated carbocycles. The molecule has 1 aliphatic rings. The van der Waals surface area contributed by atoms with Crippen molar-refractivity contribution in [3.8, 4) is 0 Å². The SMILES string of the molecule is CC[NH+]1CCN(c2c([N+](=O)[O-])cc(C(=O)[O-])cc2[N+](=O)[O-])CC1. The fourth-order valence-electron chi connectivity index (χ4n) is 2.72. The fourth-order valence-corrected chi connectivity index (χ4v) is 2.72. The number of nitrogens with one attached hydrogen (secondary N) is 1. The number of benzene rings is 1. The molecule has 2 rings (SSSR count). The first-order valence-electron chi connectivity index (χ1n) is 7.11. The molecule has 0 bridgehead atoms. The van der Waals surface area contributed by atoms with Crippen LogP contribution in [0.15, 0.2) is 12.1 Å². The monoisotopic (exact) mass is 324 g/mol. The molecule has 0 amide bonds. The van der Waals surface area contributed by atoms with Gasteiger partial charge in [-0.2, -0.15) is 0 Å². The molecule has 1 N–H and O–H groups in total. The molecule has 1 aromatic rings. The summed E-state index contributed by atoms with van der Waals surface area (Å²) in [5.74, 6) is -1.69. The van der Waals surface area contributed by atoms with Crippen molar-refractivity contribution in [3.05, 3.63) is 37.9 Å². The Labute approximate surface area is 131 Å². The Morgan fingerprint density at radius 1 is 1.17 bits per heavy atom. The number of likely N-dealkylation sites (N-methyl/N-ethyl adjacent to an activating group) is 1. The summed E-state index contributed by atoms with van der Waals surface area (Å²) in [6.07, 6.45) is 0. The zero-order chi connectivity index (χ0) is 17.1. The summed E-state index contributed by atoms with van der Waals surface area (Å²) in [6.45, 7) is 5.18. The van der Waals surface area contributed by atoms with E-state index >= 15 is 0 Å².